The Kier molecular flexibility index (Phi) is 5.58. The molecule has 0 aromatic heterocycles. The number of hydrogen-bond acceptors (Lipinski definition) is 5. The molecule has 2 unspecified atom stereocenters. The van der Waals surface area contributed by atoms with Gasteiger partial charge in [-0.05, 0) is 34.1 Å². The van der Waals surface area contributed by atoms with Gasteiger partial charge in [0.05, 0.1) is 6.61 Å². The number of ether oxygens (including phenoxy) is 2. The number of rotatable bonds is 5. The van der Waals surface area contributed by atoms with Crippen molar-refractivity contribution in [1.82, 2.24) is 10.2 Å². The van der Waals surface area contributed by atoms with Crippen LogP contribution in [0.15, 0.2) is 0 Å². The Labute approximate surface area is 125 Å². The van der Waals surface area contributed by atoms with E-state index in [9.17, 15) is 14.7 Å². The van der Waals surface area contributed by atoms with Crippen LogP contribution in [0.3, 0.4) is 0 Å². The summed E-state index contributed by atoms with van der Waals surface area (Å²) in [5, 5.41) is 12.0. The van der Waals surface area contributed by atoms with Crippen LogP contribution in [0.5, 0.6) is 0 Å². The fourth-order valence-electron chi connectivity index (χ4n) is 2.39. The van der Waals surface area contributed by atoms with E-state index in [-0.39, 0.29) is 12.6 Å². The highest BCUT2D eigenvalue weighted by molar-refractivity contribution is 5.85. The van der Waals surface area contributed by atoms with Gasteiger partial charge in [0.15, 0.2) is 5.54 Å². The molecule has 2 atom stereocenters. The number of carbonyl (C=O) groups excluding carboxylic acids is 1. The summed E-state index contributed by atoms with van der Waals surface area (Å²) in [6, 6.07) is 0.0941. The van der Waals surface area contributed by atoms with Crippen LogP contribution in [-0.4, -0.2) is 66.1 Å². The highest BCUT2D eigenvalue weighted by atomic mass is 16.6. The van der Waals surface area contributed by atoms with Crippen LogP contribution in [0, 0.1) is 0 Å². The number of carbonyl (C=O) groups is 2. The fourth-order valence-corrected chi connectivity index (χ4v) is 2.39. The van der Waals surface area contributed by atoms with Crippen molar-refractivity contribution in [1.29, 1.82) is 0 Å². The van der Waals surface area contributed by atoms with Crippen molar-refractivity contribution in [2.75, 3.05) is 26.8 Å². The van der Waals surface area contributed by atoms with Crippen LogP contribution in [0.4, 0.5) is 4.79 Å². The van der Waals surface area contributed by atoms with Gasteiger partial charge in [0.25, 0.3) is 0 Å². The Morgan fingerprint density at radius 2 is 2.05 bits per heavy atom. The maximum atomic E-state index is 11.9. The minimum absolute atomic E-state index is 0.0941. The molecule has 2 N–H and O–H groups in total. The van der Waals surface area contributed by atoms with Gasteiger partial charge in [-0.3, -0.25) is 4.90 Å². The molecule has 1 fully saturated rings. The lowest BCUT2D eigenvalue weighted by Gasteiger charge is -2.29. The van der Waals surface area contributed by atoms with Crippen molar-refractivity contribution in [3.8, 4) is 0 Å². The number of aliphatic carboxylic acids is 1. The van der Waals surface area contributed by atoms with E-state index < -0.39 is 23.2 Å². The van der Waals surface area contributed by atoms with Gasteiger partial charge in [-0.15, -0.1) is 0 Å². The quantitative estimate of drug-likeness (QED) is 0.790. The molecule has 1 aliphatic heterocycles. The van der Waals surface area contributed by atoms with E-state index in [2.05, 4.69) is 5.32 Å². The predicted molar refractivity (Wildman–Crippen MR) is 77.3 cm³/mol. The van der Waals surface area contributed by atoms with Gasteiger partial charge < -0.3 is 19.9 Å². The van der Waals surface area contributed by atoms with Gasteiger partial charge in [-0.25, -0.2) is 9.59 Å². The van der Waals surface area contributed by atoms with Crippen molar-refractivity contribution < 1.29 is 24.2 Å². The number of carboxylic acids is 1. The van der Waals surface area contributed by atoms with Crippen LogP contribution in [-0.2, 0) is 14.3 Å². The number of methoxy groups -OCH3 is 1. The predicted octanol–water partition coefficient (Wildman–Crippen LogP) is 1.08. The van der Waals surface area contributed by atoms with Gasteiger partial charge in [0, 0.05) is 26.2 Å². The van der Waals surface area contributed by atoms with E-state index in [1.807, 2.05) is 11.8 Å². The van der Waals surface area contributed by atoms with Crippen molar-refractivity contribution in [3.63, 3.8) is 0 Å². The van der Waals surface area contributed by atoms with Crippen LogP contribution in [0.1, 0.15) is 34.1 Å². The van der Waals surface area contributed by atoms with Gasteiger partial charge >= 0.3 is 12.1 Å². The molecule has 0 bridgehead atoms. The number of nitrogens with one attached hydrogen (secondary N) is 1. The number of likely N-dealkylation sites (tertiary alicyclic amines) is 1. The zero-order valence-corrected chi connectivity index (χ0v) is 13.4. The van der Waals surface area contributed by atoms with Crippen LogP contribution >= 0.6 is 0 Å². The van der Waals surface area contributed by atoms with E-state index >= 15 is 0 Å². The number of carboxylic acid groups (broad SMARTS) is 1. The van der Waals surface area contributed by atoms with Crippen molar-refractivity contribution in [2.45, 2.75) is 51.3 Å². The number of alkyl carbamates (subject to hydrolysis) is 1. The highest BCUT2D eigenvalue weighted by Crippen LogP contribution is 2.24. The molecule has 7 heteroatoms. The monoisotopic (exact) mass is 302 g/mol. The summed E-state index contributed by atoms with van der Waals surface area (Å²) >= 11 is 0. The van der Waals surface area contributed by atoms with Crippen molar-refractivity contribution >= 4 is 12.1 Å². The number of nitrogens with zero attached hydrogens (tertiary/aromatic N) is 1. The van der Waals surface area contributed by atoms with Crippen LogP contribution in [0.2, 0.25) is 0 Å². The SMILES string of the molecule is COCC(C)N1CCC(NC(=O)OC(C)(C)C)(C(=O)O)C1. The standard InChI is InChI=1S/C14H26N2O5/c1-10(8-20-5)16-7-6-14(9-16,11(17)18)15-12(19)21-13(2,3)4/h10H,6-9H2,1-5H3,(H,15,19)(H,17,18). The first-order valence-electron chi connectivity index (χ1n) is 7.07. The van der Waals surface area contributed by atoms with E-state index in [1.165, 1.54) is 0 Å². The second-order valence-electron chi connectivity index (χ2n) is 6.54. The molecule has 1 aliphatic rings. The second-order valence-corrected chi connectivity index (χ2v) is 6.54. The Morgan fingerprint density at radius 1 is 1.43 bits per heavy atom. The highest BCUT2D eigenvalue weighted by Gasteiger charge is 2.47. The minimum atomic E-state index is -1.30. The molecule has 1 amide bonds. The molecule has 0 radical (unpaired) electrons. The molecule has 1 heterocycles. The lowest BCUT2D eigenvalue weighted by molar-refractivity contribution is -0.144. The number of hydrogen-bond donors (Lipinski definition) is 2. The van der Waals surface area contributed by atoms with Crippen LogP contribution in [0.25, 0.3) is 0 Å². The molecule has 1 saturated heterocycles. The average molecular weight is 302 g/mol. The lowest BCUT2D eigenvalue weighted by atomic mass is 9.99. The summed E-state index contributed by atoms with van der Waals surface area (Å²) in [7, 11) is 1.61. The third-order valence-electron chi connectivity index (χ3n) is 3.48. The van der Waals surface area contributed by atoms with E-state index in [4.69, 9.17) is 9.47 Å². The van der Waals surface area contributed by atoms with Gasteiger partial charge in [0.2, 0.25) is 0 Å². The first kappa shape index (κ1) is 17.7. The first-order valence-corrected chi connectivity index (χ1v) is 7.07. The Hall–Kier alpha value is -1.34. The van der Waals surface area contributed by atoms with E-state index in [0.29, 0.717) is 19.6 Å². The molecule has 122 valence electrons. The fraction of sp³-hybridized carbons (Fsp3) is 0.857. The molecule has 0 aromatic rings. The first-order chi connectivity index (χ1) is 9.59. The Balaban J connectivity index is 2.74. The summed E-state index contributed by atoms with van der Waals surface area (Å²) in [6.45, 7) is 8.53. The topological polar surface area (TPSA) is 88.1 Å². The molecule has 7 nitrogen and oxygen atoms in total. The van der Waals surface area contributed by atoms with Gasteiger partial charge in [-0.2, -0.15) is 0 Å². The van der Waals surface area contributed by atoms with Crippen molar-refractivity contribution in [2.24, 2.45) is 0 Å². The van der Waals surface area contributed by atoms with Gasteiger partial charge in [0.1, 0.15) is 5.60 Å². The molecule has 1 rings (SSSR count). The summed E-state index contributed by atoms with van der Waals surface area (Å²) in [5.41, 5.74) is -1.96. The third-order valence-corrected chi connectivity index (χ3v) is 3.48. The minimum Gasteiger partial charge on any atom is -0.479 e. The summed E-state index contributed by atoms with van der Waals surface area (Å²) in [6.07, 6.45) is -0.360. The molecule has 0 aromatic carbocycles. The number of amides is 1. The molecule has 0 aliphatic carbocycles. The van der Waals surface area contributed by atoms with Crippen LogP contribution < -0.4 is 5.32 Å². The normalized spacial score (nSPS) is 24.6. The van der Waals surface area contributed by atoms with Crippen molar-refractivity contribution in [3.05, 3.63) is 0 Å². The Bertz CT molecular complexity index is 393. The summed E-state index contributed by atoms with van der Waals surface area (Å²) in [4.78, 5) is 25.5. The molecule has 0 spiro atoms. The molecular formula is C14H26N2O5. The maximum Gasteiger partial charge on any atom is 0.408 e. The zero-order chi connectivity index (χ0) is 16.3. The van der Waals surface area contributed by atoms with E-state index in [1.54, 1.807) is 27.9 Å². The van der Waals surface area contributed by atoms with Gasteiger partial charge in [-0.1, -0.05) is 0 Å². The smallest absolute Gasteiger partial charge is 0.408 e. The Morgan fingerprint density at radius 3 is 2.52 bits per heavy atom. The average Bonchev–Trinajstić information content (AvgIpc) is 2.72. The lowest BCUT2D eigenvalue weighted by Crippen LogP contribution is -2.57. The molecule has 21 heavy (non-hydrogen) atoms. The molecule has 0 saturated carbocycles. The zero-order valence-electron chi connectivity index (χ0n) is 13.4. The third kappa shape index (κ3) is 4.86. The largest absolute Gasteiger partial charge is 0.479 e. The summed E-state index contributed by atoms with van der Waals surface area (Å²) in [5.74, 6) is -1.04. The molecular weight excluding hydrogens is 276 g/mol. The summed E-state index contributed by atoms with van der Waals surface area (Å²) < 4.78 is 10.3. The van der Waals surface area contributed by atoms with E-state index in [0.717, 1.165) is 0 Å². The maximum absolute atomic E-state index is 11.9. The second kappa shape index (κ2) is 6.62.